The van der Waals surface area contributed by atoms with Crippen LogP contribution in [0.1, 0.15) is 148 Å². The van der Waals surface area contributed by atoms with E-state index in [4.69, 9.17) is 14.2 Å². The Hall–Kier alpha value is -4.80. The third-order valence-electron chi connectivity index (χ3n) is 13.1. The quantitative estimate of drug-likeness (QED) is 0.0796. The van der Waals surface area contributed by atoms with Crippen LogP contribution >= 0.6 is 0 Å². The van der Waals surface area contributed by atoms with Gasteiger partial charge in [-0.15, -0.1) is 0 Å². The Morgan fingerprint density at radius 2 is 0.759 bits per heavy atom. The van der Waals surface area contributed by atoms with E-state index < -0.39 is 38.9 Å². The van der Waals surface area contributed by atoms with Crippen LogP contribution in [0, 0.1) is 0 Å². The summed E-state index contributed by atoms with van der Waals surface area (Å²) in [6.07, 6.45) is 13.3. The molecule has 0 aliphatic heterocycles. The molecule has 4 aromatic carbocycles. The zero-order chi connectivity index (χ0) is 41.1. The van der Waals surface area contributed by atoms with E-state index in [9.17, 15) is 27.4 Å². The summed E-state index contributed by atoms with van der Waals surface area (Å²) in [6.45, 7) is 6.09. The van der Waals surface area contributed by atoms with Gasteiger partial charge in [0.1, 0.15) is 21.7 Å². The first-order valence-electron chi connectivity index (χ1n) is 21.0. The Morgan fingerprint density at radius 3 is 1.02 bits per heavy atom. The lowest BCUT2D eigenvalue weighted by Crippen LogP contribution is -2.31. The van der Waals surface area contributed by atoms with Crippen molar-refractivity contribution >= 4 is 28.0 Å². The molecule has 0 amide bonds. The molecule has 0 spiro atoms. The smallest absolute Gasteiger partial charge is 0.338 e. The van der Waals surface area contributed by atoms with Gasteiger partial charge in [-0.25, -0.2) is 14.4 Å². The van der Waals surface area contributed by atoms with E-state index in [2.05, 4.69) is 0 Å². The minimum Gasteiger partial charge on any atom is -0.455 e. The minimum atomic E-state index is -4.85. The number of benzene rings is 4. The number of carbonyl (C=O) groups excluding carboxylic acids is 3. The summed E-state index contributed by atoms with van der Waals surface area (Å²) in [5.74, 6) is -1.26. The van der Waals surface area contributed by atoms with Gasteiger partial charge in [-0.3, -0.25) is 4.55 Å². The van der Waals surface area contributed by atoms with Gasteiger partial charge in [-0.1, -0.05) is 57.2 Å². The molecule has 4 aromatic rings. The Balaban J connectivity index is 1.27. The predicted octanol–water partition coefficient (Wildman–Crippen LogP) is 11.6. The molecule has 0 aromatic heterocycles. The highest BCUT2D eigenvalue weighted by Gasteiger charge is 2.38. The highest BCUT2D eigenvalue weighted by molar-refractivity contribution is 7.86. The van der Waals surface area contributed by atoms with Gasteiger partial charge < -0.3 is 14.2 Å². The zero-order valence-corrected chi connectivity index (χ0v) is 34.6. The van der Waals surface area contributed by atoms with E-state index in [1.807, 2.05) is 20.8 Å². The van der Waals surface area contributed by atoms with Crippen LogP contribution in [-0.2, 0) is 24.3 Å². The fourth-order valence-electron chi connectivity index (χ4n) is 9.28. The summed E-state index contributed by atoms with van der Waals surface area (Å²) in [5.41, 5.74) is 2.31. The van der Waals surface area contributed by atoms with Gasteiger partial charge in [0.2, 0.25) is 0 Å². The first kappa shape index (κ1) is 41.4. The Bertz CT molecular complexity index is 2140. The highest BCUT2D eigenvalue weighted by Crippen LogP contribution is 2.42. The summed E-state index contributed by atoms with van der Waals surface area (Å²) < 4.78 is 55.8. The van der Waals surface area contributed by atoms with Crippen molar-refractivity contribution < 1.29 is 41.6 Å². The average molecular weight is 807 g/mol. The molecular weight excluding hydrogens is 753 g/mol. The molecule has 0 bridgehead atoms. The van der Waals surface area contributed by atoms with Crippen LogP contribution < -0.4 is 0 Å². The molecule has 58 heavy (non-hydrogen) atoms. The molecular formula is C48H54O9S. The van der Waals surface area contributed by atoms with Crippen LogP contribution in [0.2, 0.25) is 0 Å². The molecule has 1 N–H and O–H groups in total. The topological polar surface area (TPSA) is 133 Å². The third-order valence-corrected chi connectivity index (χ3v) is 14.0. The monoisotopic (exact) mass is 806 g/mol. The van der Waals surface area contributed by atoms with Gasteiger partial charge in [0.25, 0.3) is 10.1 Å². The summed E-state index contributed by atoms with van der Waals surface area (Å²) in [6, 6.07) is 23.4. The standard InChI is InChI=1S/C48H54O9S/c1-4-46(25-7-8-26-46)55-43(49)36-19-13-33(14-20-36)39-31-40(34-15-21-37(22-16-34)44(50)56-47(5-2)27-9-10-28-47)42(58(52,53)54)41(32-39)35-17-23-38(24-18-35)45(51)57-48(6-3)29-11-12-30-48/h13-24,31-32H,4-12,25-30H2,1-3H3,(H,52,53,54). The van der Waals surface area contributed by atoms with Gasteiger partial charge in [-0.2, -0.15) is 8.42 Å². The van der Waals surface area contributed by atoms with Crippen molar-refractivity contribution in [1.82, 2.24) is 0 Å². The molecule has 0 saturated heterocycles. The summed E-state index contributed by atoms with van der Waals surface area (Å²) in [4.78, 5) is 39.6. The lowest BCUT2D eigenvalue weighted by molar-refractivity contribution is -0.0181. The van der Waals surface area contributed by atoms with Crippen LogP contribution in [0.25, 0.3) is 33.4 Å². The fraction of sp³-hybridized carbons (Fsp3) is 0.438. The Kier molecular flexibility index (Phi) is 12.0. The van der Waals surface area contributed by atoms with Crippen LogP contribution in [0.4, 0.5) is 0 Å². The second-order valence-electron chi connectivity index (χ2n) is 16.5. The molecule has 0 heterocycles. The molecule has 306 valence electrons. The molecule has 0 radical (unpaired) electrons. The van der Waals surface area contributed by atoms with Crippen LogP contribution in [0.15, 0.2) is 89.8 Å². The van der Waals surface area contributed by atoms with E-state index in [1.54, 1.807) is 84.9 Å². The number of ether oxygens (including phenoxy) is 3. The lowest BCUT2D eigenvalue weighted by atomic mass is 9.92. The van der Waals surface area contributed by atoms with Crippen molar-refractivity contribution in [2.45, 2.75) is 139 Å². The maximum absolute atomic E-state index is 13.4. The molecule has 3 fully saturated rings. The van der Waals surface area contributed by atoms with Crippen molar-refractivity contribution in [1.29, 1.82) is 0 Å². The van der Waals surface area contributed by atoms with Crippen molar-refractivity contribution in [3.63, 3.8) is 0 Å². The predicted molar refractivity (Wildman–Crippen MR) is 223 cm³/mol. The Labute approximate surface area is 342 Å². The molecule has 9 nitrogen and oxygen atoms in total. The second kappa shape index (κ2) is 16.8. The van der Waals surface area contributed by atoms with Crippen LogP contribution in [-0.4, -0.2) is 47.7 Å². The number of esters is 3. The molecule has 3 aliphatic rings. The van der Waals surface area contributed by atoms with Crippen LogP contribution in [0.3, 0.4) is 0 Å². The normalized spacial score (nSPS) is 18.1. The number of hydrogen-bond donors (Lipinski definition) is 1. The van der Waals surface area contributed by atoms with Crippen LogP contribution in [0.5, 0.6) is 0 Å². The van der Waals surface area contributed by atoms with Crippen molar-refractivity contribution in [2.75, 3.05) is 0 Å². The molecule has 3 saturated carbocycles. The van der Waals surface area contributed by atoms with Crippen molar-refractivity contribution in [3.05, 3.63) is 102 Å². The molecule has 10 heteroatoms. The van der Waals surface area contributed by atoms with Gasteiger partial charge in [-0.05, 0) is 167 Å². The largest absolute Gasteiger partial charge is 0.455 e. The summed E-state index contributed by atoms with van der Waals surface area (Å²) >= 11 is 0. The third kappa shape index (κ3) is 8.64. The van der Waals surface area contributed by atoms with Gasteiger partial charge in [0, 0.05) is 11.1 Å². The summed E-state index contributed by atoms with van der Waals surface area (Å²) in [7, 11) is -4.85. The number of hydrogen-bond acceptors (Lipinski definition) is 8. The SMILES string of the molecule is CCC1(OC(=O)c2ccc(-c3cc(-c4ccc(C(=O)OC5(CC)CCCC5)cc4)c(S(=O)(=O)O)c(-c4ccc(C(=O)OC5(CC)CCCC5)cc4)c3)cc2)CCCC1. The first-order chi connectivity index (χ1) is 27.8. The fourth-order valence-corrected chi connectivity index (χ4v) is 10.2. The average Bonchev–Trinajstić information content (AvgIpc) is 4.03. The minimum absolute atomic E-state index is 0.208. The second-order valence-corrected chi connectivity index (χ2v) is 17.9. The summed E-state index contributed by atoms with van der Waals surface area (Å²) in [5, 5.41) is 0. The molecule has 7 rings (SSSR count). The van der Waals surface area contributed by atoms with Gasteiger partial charge >= 0.3 is 17.9 Å². The number of carbonyl (C=O) groups is 3. The van der Waals surface area contributed by atoms with Crippen molar-refractivity contribution in [2.24, 2.45) is 0 Å². The lowest BCUT2D eigenvalue weighted by Gasteiger charge is -2.27. The highest BCUT2D eigenvalue weighted by atomic mass is 32.2. The maximum atomic E-state index is 13.4. The molecule has 0 atom stereocenters. The molecule has 0 unspecified atom stereocenters. The molecule has 3 aliphatic carbocycles. The van der Waals surface area contributed by atoms with E-state index in [0.29, 0.717) is 38.9 Å². The van der Waals surface area contributed by atoms with E-state index >= 15 is 0 Å². The van der Waals surface area contributed by atoms with Gasteiger partial charge in [0.05, 0.1) is 16.7 Å². The van der Waals surface area contributed by atoms with E-state index in [1.165, 1.54) is 0 Å². The number of rotatable bonds is 13. The first-order valence-corrected chi connectivity index (χ1v) is 22.4. The van der Waals surface area contributed by atoms with Gasteiger partial charge in [0.15, 0.2) is 0 Å². The van der Waals surface area contributed by atoms with E-state index in [-0.39, 0.29) is 22.0 Å². The zero-order valence-electron chi connectivity index (χ0n) is 33.8. The Morgan fingerprint density at radius 1 is 0.483 bits per heavy atom. The maximum Gasteiger partial charge on any atom is 0.338 e. The van der Waals surface area contributed by atoms with Crippen molar-refractivity contribution in [3.8, 4) is 33.4 Å². The van der Waals surface area contributed by atoms with E-state index in [0.717, 1.165) is 96.3 Å².